The van der Waals surface area contributed by atoms with E-state index in [1.165, 1.54) is 31.4 Å². The predicted octanol–water partition coefficient (Wildman–Crippen LogP) is 5.08. The second-order valence-corrected chi connectivity index (χ2v) is 15.8. The molecule has 3 N–H and O–H groups in total. The van der Waals surface area contributed by atoms with Crippen LogP contribution in [0.4, 0.5) is 33.7 Å². The van der Waals surface area contributed by atoms with Crippen LogP contribution in [0.15, 0.2) is 73.1 Å². The number of carbonyl (C=O) groups excluding carboxylic acids is 3. The number of benzene rings is 2. The number of anilines is 2. The van der Waals surface area contributed by atoms with Crippen molar-refractivity contribution in [3.63, 3.8) is 0 Å². The number of aromatic nitrogens is 2. The maximum Gasteiger partial charge on any atom is 0.330 e. The molecular weight excluding hydrogens is 743 g/mol. The van der Waals surface area contributed by atoms with Crippen molar-refractivity contribution in [2.75, 3.05) is 23.9 Å². The number of hydrogen-bond acceptors (Lipinski definition) is 7. The molecule has 0 bridgehead atoms. The molecule has 3 aliphatic carbocycles. The summed E-state index contributed by atoms with van der Waals surface area (Å²) in [5.41, 5.74) is 0.376. The fourth-order valence-electron chi connectivity index (χ4n) is 6.78. The van der Waals surface area contributed by atoms with Crippen molar-refractivity contribution < 1.29 is 40.4 Å². The lowest BCUT2D eigenvalue weighted by molar-refractivity contribution is -0.121. The van der Waals surface area contributed by atoms with Gasteiger partial charge in [-0.2, -0.15) is 13.1 Å². The van der Waals surface area contributed by atoms with Gasteiger partial charge in [0, 0.05) is 61.8 Å². The summed E-state index contributed by atoms with van der Waals surface area (Å²) in [6.07, 6.45) is 6.28. The Balaban J connectivity index is 1.11. The maximum absolute atomic E-state index is 14.3. The van der Waals surface area contributed by atoms with E-state index in [1.807, 2.05) is 0 Å². The molecule has 2 heterocycles. The summed E-state index contributed by atoms with van der Waals surface area (Å²) in [7, 11) is -2.17. The number of hydrogen-bond donors (Lipinski definition) is 3. The summed E-state index contributed by atoms with van der Waals surface area (Å²) >= 11 is 0. The first-order chi connectivity index (χ1) is 26.1. The minimum atomic E-state index is -4.96. The van der Waals surface area contributed by atoms with Crippen LogP contribution in [0.5, 0.6) is 0 Å². The van der Waals surface area contributed by atoms with Gasteiger partial charge in [-0.25, -0.2) is 27.1 Å². The first kappa shape index (κ1) is 37.9. The van der Waals surface area contributed by atoms with Gasteiger partial charge in [-0.3, -0.25) is 19.6 Å². The minimum Gasteiger partial charge on any atom is -0.325 e. The van der Waals surface area contributed by atoms with Gasteiger partial charge in [0.1, 0.15) is 34.8 Å². The van der Waals surface area contributed by atoms with Crippen LogP contribution >= 0.6 is 0 Å². The Morgan fingerprint density at radius 3 is 1.78 bits per heavy atom. The fourth-order valence-corrected chi connectivity index (χ4v) is 7.93. The summed E-state index contributed by atoms with van der Waals surface area (Å²) in [6, 6.07) is 9.06. The minimum absolute atomic E-state index is 0.00397. The van der Waals surface area contributed by atoms with Crippen molar-refractivity contribution >= 4 is 39.4 Å². The first-order valence-electron chi connectivity index (χ1n) is 17.6. The predicted molar refractivity (Wildman–Crippen MR) is 193 cm³/mol. The zero-order valence-corrected chi connectivity index (χ0v) is 30.5. The highest BCUT2D eigenvalue weighted by Crippen LogP contribution is 2.53. The highest BCUT2D eigenvalue weighted by molar-refractivity contribution is 7.88. The Morgan fingerprint density at radius 2 is 1.29 bits per heavy atom. The zero-order valence-electron chi connectivity index (χ0n) is 29.7. The molecule has 1 unspecified atom stereocenters. The Kier molecular flexibility index (Phi) is 10.1. The van der Waals surface area contributed by atoms with Crippen LogP contribution in [0.25, 0.3) is 0 Å². The van der Waals surface area contributed by atoms with Crippen LogP contribution in [0.2, 0.25) is 0 Å². The van der Waals surface area contributed by atoms with Crippen LogP contribution in [0.3, 0.4) is 0 Å². The van der Waals surface area contributed by atoms with Crippen molar-refractivity contribution in [3.05, 3.63) is 119 Å². The molecule has 2 aromatic heterocycles. The number of carbonyl (C=O) groups is 3. The van der Waals surface area contributed by atoms with Gasteiger partial charge in [-0.15, -0.1) is 0 Å². The molecule has 0 spiro atoms. The number of urea groups is 1. The number of nitrogens with zero attached hydrogens (tertiary/aromatic N) is 4. The molecule has 2 aromatic carbocycles. The van der Waals surface area contributed by atoms with Crippen LogP contribution in [-0.4, -0.2) is 61.9 Å². The van der Waals surface area contributed by atoms with Crippen molar-refractivity contribution in [1.82, 2.24) is 24.7 Å². The van der Waals surface area contributed by atoms with Gasteiger partial charge in [0.15, 0.2) is 0 Å². The molecular formula is C38H37F4N7O5S. The topological polar surface area (TPSA) is 154 Å². The van der Waals surface area contributed by atoms with Crippen LogP contribution < -0.4 is 24.6 Å². The third kappa shape index (κ3) is 8.62. The molecule has 12 nitrogen and oxygen atoms in total. The van der Waals surface area contributed by atoms with E-state index in [4.69, 9.17) is 0 Å². The fraction of sp³-hybridized carbons (Fsp3) is 0.342. The summed E-state index contributed by atoms with van der Waals surface area (Å²) in [5.74, 6) is -5.67. The Labute approximate surface area is 314 Å². The maximum atomic E-state index is 14.3. The third-order valence-corrected chi connectivity index (χ3v) is 11.2. The van der Waals surface area contributed by atoms with Crippen molar-refractivity contribution in [1.29, 1.82) is 0 Å². The van der Waals surface area contributed by atoms with Gasteiger partial charge in [-0.1, -0.05) is 0 Å². The van der Waals surface area contributed by atoms with Crippen LogP contribution in [0.1, 0.15) is 72.4 Å². The molecule has 4 aromatic rings. The second-order valence-electron chi connectivity index (χ2n) is 14.3. The van der Waals surface area contributed by atoms with E-state index in [2.05, 4.69) is 20.0 Å². The number of nitrogens with one attached hydrogen (secondary N) is 3. The molecule has 55 heavy (non-hydrogen) atoms. The molecule has 4 amide bonds. The summed E-state index contributed by atoms with van der Waals surface area (Å²) in [6.45, 7) is 0. The lowest BCUT2D eigenvalue weighted by Gasteiger charge is -2.27. The second kappa shape index (κ2) is 14.7. The van der Waals surface area contributed by atoms with Crippen LogP contribution in [0, 0.1) is 23.3 Å². The standard InChI is InChI=1S/C38H37F4N7O5S/c1-48(29-7-9-32(43-19-29)22-3-4-22)35(50)34(13-21-11-25(39)16-26(40)12-21)45-37(52)46-55(53,54)47-38(18-31(38)24-14-27(41)17-28(42)15-24)36(51)49(2)30-8-10-33(44-20-30)23-5-6-23/h7-12,14-17,19-20,22-23,31,34,47H,3-6,13,18H2,1-2H3,(H2,45,46,52)/t31-,34+,38?/m1/s1. The van der Waals surface area contributed by atoms with Gasteiger partial charge >= 0.3 is 16.2 Å². The molecule has 3 atom stereocenters. The van der Waals surface area contributed by atoms with E-state index >= 15 is 0 Å². The smallest absolute Gasteiger partial charge is 0.325 e. The summed E-state index contributed by atoms with van der Waals surface area (Å²) in [4.78, 5) is 52.4. The summed E-state index contributed by atoms with van der Waals surface area (Å²) in [5, 5.41) is 2.28. The van der Waals surface area contributed by atoms with Crippen molar-refractivity contribution in [2.24, 2.45) is 0 Å². The van der Waals surface area contributed by atoms with Gasteiger partial charge in [0.05, 0.1) is 23.8 Å². The molecule has 288 valence electrons. The Morgan fingerprint density at radius 1 is 0.782 bits per heavy atom. The highest BCUT2D eigenvalue weighted by atomic mass is 32.2. The molecule has 0 saturated heterocycles. The Hall–Kier alpha value is -5.42. The number of likely N-dealkylation sites (N-methyl/N-ethyl adjacent to an activating group) is 2. The van der Waals surface area contributed by atoms with E-state index in [0.29, 0.717) is 35.3 Å². The molecule has 3 fully saturated rings. The molecule has 0 radical (unpaired) electrons. The monoisotopic (exact) mass is 779 g/mol. The van der Waals surface area contributed by atoms with Gasteiger partial charge in [0.2, 0.25) is 11.8 Å². The lowest BCUT2D eigenvalue weighted by Crippen LogP contribution is -2.58. The van der Waals surface area contributed by atoms with Gasteiger partial charge in [-0.05, 0) is 91.8 Å². The largest absolute Gasteiger partial charge is 0.330 e. The molecule has 17 heteroatoms. The van der Waals surface area contributed by atoms with E-state index in [1.54, 1.807) is 29.0 Å². The average molecular weight is 780 g/mol. The quantitative estimate of drug-likeness (QED) is 0.160. The Bertz CT molecular complexity index is 2220. The number of rotatable bonds is 13. The van der Waals surface area contributed by atoms with Gasteiger partial charge in [0.25, 0.3) is 0 Å². The SMILES string of the molecule is CN(C(=O)[C@H](Cc1cc(F)cc(F)c1)NC(=O)NS(=O)(=O)NC1(C(=O)N(C)c2ccc(C3CC3)nc2)C[C@@H]1c1cc(F)cc(F)c1)c1ccc(C2CC2)nc1. The molecule has 0 aliphatic heterocycles. The molecule has 3 saturated carbocycles. The van der Waals surface area contributed by atoms with E-state index < -0.39 is 75.2 Å². The molecule has 3 aliphatic rings. The zero-order chi connectivity index (χ0) is 39.2. The third-order valence-electron chi connectivity index (χ3n) is 10.1. The van der Waals surface area contributed by atoms with E-state index in [9.17, 15) is 40.4 Å². The number of halogens is 4. The van der Waals surface area contributed by atoms with Crippen molar-refractivity contribution in [3.8, 4) is 0 Å². The summed E-state index contributed by atoms with van der Waals surface area (Å²) < 4.78 is 88.1. The molecule has 7 rings (SSSR count). The normalized spacial score (nSPS) is 19.6. The van der Waals surface area contributed by atoms with E-state index in [-0.39, 0.29) is 17.5 Å². The van der Waals surface area contributed by atoms with Gasteiger partial charge < -0.3 is 15.1 Å². The number of pyridine rings is 2. The van der Waals surface area contributed by atoms with Crippen LogP contribution in [-0.2, 0) is 26.2 Å². The van der Waals surface area contributed by atoms with Crippen molar-refractivity contribution in [2.45, 2.75) is 67.9 Å². The lowest BCUT2D eigenvalue weighted by atomic mass is 10.0. The number of amides is 4. The first-order valence-corrected chi connectivity index (χ1v) is 19.1. The highest BCUT2D eigenvalue weighted by Gasteiger charge is 2.64. The van der Waals surface area contributed by atoms with E-state index in [0.717, 1.165) is 66.2 Å². The average Bonchev–Trinajstić information content (AvgIpc) is 3.98.